The summed E-state index contributed by atoms with van der Waals surface area (Å²) in [6.45, 7) is 16.0. The van der Waals surface area contributed by atoms with Crippen molar-refractivity contribution in [2.24, 2.45) is 0 Å². The summed E-state index contributed by atoms with van der Waals surface area (Å²) < 4.78 is 0.699. The molecule has 1 aliphatic rings. The second-order valence-corrected chi connectivity index (χ2v) is 21.5. The lowest BCUT2D eigenvalue weighted by Gasteiger charge is -2.33. The SMILES string of the molecule is CC(C1=C(CN(C)C(=O)Sc2nc(CC(=O)O)cs2)C(=O)C(C(C)c2ccc(C(C)(C)C)cc2)=C(CN(C)C(=O)Sc2nc(CC(=O)O)cs2)C1=O)c1ccc(C(C)(C)C)cc1. The zero-order valence-electron chi connectivity index (χ0n) is 36.5. The molecule has 1 aliphatic carbocycles. The molecule has 2 aromatic heterocycles. The Kier molecular flexibility index (Phi) is 15.3. The molecule has 5 rings (SSSR count). The van der Waals surface area contributed by atoms with Gasteiger partial charge in [-0.25, -0.2) is 9.97 Å². The highest BCUT2D eigenvalue weighted by Crippen LogP contribution is 2.41. The van der Waals surface area contributed by atoms with Crippen LogP contribution in [0.4, 0.5) is 9.59 Å². The lowest BCUT2D eigenvalue weighted by molar-refractivity contribution is -0.137. The number of benzene rings is 2. The van der Waals surface area contributed by atoms with E-state index >= 15 is 9.59 Å². The molecule has 16 heteroatoms. The Balaban J connectivity index is 1.59. The van der Waals surface area contributed by atoms with Crippen molar-refractivity contribution in [1.82, 2.24) is 19.8 Å². The van der Waals surface area contributed by atoms with Crippen LogP contribution in [-0.4, -0.2) is 91.1 Å². The van der Waals surface area contributed by atoms with Crippen molar-refractivity contribution >= 4 is 80.2 Å². The molecule has 0 saturated carbocycles. The number of nitrogens with zero attached hydrogens (tertiary/aromatic N) is 4. The van der Waals surface area contributed by atoms with Crippen LogP contribution < -0.4 is 0 Å². The Morgan fingerprint density at radius 3 is 1.23 bits per heavy atom. The van der Waals surface area contributed by atoms with Gasteiger partial charge in [-0.05, 0) is 33.1 Å². The van der Waals surface area contributed by atoms with Crippen molar-refractivity contribution in [3.8, 4) is 0 Å². The number of rotatable bonds is 14. The predicted octanol–water partition coefficient (Wildman–Crippen LogP) is 9.79. The maximum absolute atomic E-state index is 15.4. The van der Waals surface area contributed by atoms with Crippen molar-refractivity contribution in [2.45, 2.75) is 99.6 Å². The van der Waals surface area contributed by atoms with Gasteiger partial charge in [0.05, 0.1) is 37.3 Å². The van der Waals surface area contributed by atoms with Crippen LogP contribution in [0.5, 0.6) is 0 Å². The van der Waals surface area contributed by atoms with E-state index in [1.807, 2.05) is 62.4 Å². The smallest absolute Gasteiger partial charge is 0.309 e. The van der Waals surface area contributed by atoms with Crippen molar-refractivity contribution in [3.05, 3.63) is 115 Å². The Morgan fingerprint density at radius 2 is 0.935 bits per heavy atom. The summed E-state index contributed by atoms with van der Waals surface area (Å²) in [5.41, 5.74) is 4.93. The van der Waals surface area contributed by atoms with E-state index in [1.165, 1.54) is 9.80 Å². The molecule has 0 radical (unpaired) electrons. The van der Waals surface area contributed by atoms with Crippen molar-refractivity contribution in [1.29, 1.82) is 0 Å². The highest BCUT2D eigenvalue weighted by molar-refractivity contribution is 8.15. The molecule has 0 bridgehead atoms. The number of carbonyl (C=O) groups excluding carboxylic acids is 4. The summed E-state index contributed by atoms with van der Waals surface area (Å²) in [4.78, 5) is 92.0. The summed E-state index contributed by atoms with van der Waals surface area (Å²) in [5.74, 6) is -4.09. The standard InChI is InChI=1S/C46H52N4O8S4/c1-25(27-11-15-29(16-12-27)45(3,4)5)37-33(21-49(9)43(57)61-41-47-31(23-59-41)19-35(51)52)40(56)38(26(2)28-13-17-30(18-14-28)46(6,7)8)34(39(37)55)22-50(10)44(58)62-42-48-32(24-60-42)20-36(53)54/h11-18,23-26H,19-22H2,1-10H3,(H,51,52)(H,53,54). The minimum atomic E-state index is -1.04. The third kappa shape index (κ3) is 11.8. The Bertz CT molecular complexity index is 2270. The molecule has 2 amide bonds. The number of ketones is 2. The molecule has 2 unspecified atom stereocenters. The number of hydrogen-bond acceptors (Lipinski definition) is 12. The maximum Gasteiger partial charge on any atom is 0.309 e. The van der Waals surface area contributed by atoms with Gasteiger partial charge in [0.25, 0.3) is 10.5 Å². The molecular formula is C46H52N4O8S4. The zero-order chi connectivity index (χ0) is 45.8. The molecule has 62 heavy (non-hydrogen) atoms. The van der Waals surface area contributed by atoms with Gasteiger partial charge in [-0.3, -0.25) is 28.8 Å². The molecule has 2 heterocycles. The minimum Gasteiger partial charge on any atom is -0.481 e. The first kappa shape index (κ1) is 48.1. The first-order chi connectivity index (χ1) is 28.9. The van der Waals surface area contributed by atoms with Gasteiger partial charge in [0, 0.05) is 82.5 Å². The van der Waals surface area contributed by atoms with Gasteiger partial charge in [0.15, 0.2) is 20.2 Å². The van der Waals surface area contributed by atoms with Crippen LogP contribution in [0.1, 0.15) is 101 Å². The topological polar surface area (TPSA) is 175 Å². The number of carboxylic acids is 2. The summed E-state index contributed by atoms with van der Waals surface area (Å²) in [7, 11) is 3.09. The summed E-state index contributed by atoms with van der Waals surface area (Å²) in [6, 6.07) is 15.8. The molecular weight excluding hydrogens is 865 g/mol. The third-order valence-electron chi connectivity index (χ3n) is 10.6. The monoisotopic (exact) mass is 916 g/mol. The first-order valence-electron chi connectivity index (χ1n) is 19.9. The van der Waals surface area contributed by atoms with Crippen molar-refractivity contribution < 1.29 is 39.0 Å². The molecule has 0 fully saturated rings. The first-order valence-corrected chi connectivity index (χ1v) is 23.3. The van der Waals surface area contributed by atoms with Crippen LogP contribution in [0.15, 0.2) is 90.3 Å². The van der Waals surface area contributed by atoms with Crippen molar-refractivity contribution in [2.75, 3.05) is 27.2 Å². The Hall–Kier alpha value is -4.90. The number of likely N-dealkylation sites (N-methyl/N-ethyl adjacent to an activating group) is 2. The predicted molar refractivity (Wildman–Crippen MR) is 246 cm³/mol. The molecule has 2 atom stereocenters. The van der Waals surface area contributed by atoms with Crippen LogP contribution in [0.25, 0.3) is 0 Å². The van der Waals surface area contributed by atoms with Gasteiger partial charge in [0.2, 0.25) is 0 Å². The molecule has 328 valence electrons. The van der Waals surface area contributed by atoms with E-state index in [1.54, 1.807) is 24.9 Å². The van der Waals surface area contributed by atoms with Gasteiger partial charge in [-0.1, -0.05) is 104 Å². The number of Topliss-reactive ketones (excluding diaryl/α,β-unsaturated/α-hetero) is 2. The average molecular weight is 917 g/mol. The minimum absolute atomic E-state index is 0.132. The number of carbonyl (C=O) groups is 6. The van der Waals surface area contributed by atoms with Gasteiger partial charge >= 0.3 is 11.9 Å². The number of allylic oxidation sites excluding steroid dienone is 2. The van der Waals surface area contributed by atoms with E-state index in [0.717, 1.165) is 68.5 Å². The normalized spacial score (nSPS) is 14.5. The molecule has 0 aliphatic heterocycles. The second-order valence-electron chi connectivity index (χ2n) is 17.4. The molecule has 0 spiro atoms. The second kappa shape index (κ2) is 19.7. The quantitative estimate of drug-likeness (QED) is 0.0907. The van der Waals surface area contributed by atoms with Gasteiger partial charge < -0.3 is 20.0 Å². The summed E-state index contributed by atoms with van der Waals surface area (Å²) in [6.07, 6.45) is -0.565. The lowest BCUT2D eigenvalue weighted by Crippen LogP contribution is -2.38. The molecule has 2 aromatic carbocycles. The summed E-state index contributed by atoms with van der Waals surface area (Å²) >= 11 is 3.92. The average Bonchev–Trinajstić information content (AvgIpc) is 3.83. The van der Waals surface area contributed by atoms with Crippen molar-refractivity contribution in [3.63, 3.8) is 0 Å². The Morgan fingerprint density at radius 1 is 0.613 bits per heavy atom. The van der Waals surface area contributed by atoms with Crippen LogP contribution in [0.3, 0.4) is 0 Å². The van der Waals surface area contributed by atoms with E-state index < -0.39 is 45.8 Å². The van der Waals surface area contributed by atoms with Gasteiger partial charge in [-0.15, -0.1) is 22.7 Å². The molecule has 12 nitrogen and oxygen atoms in total. The number of thiazole rings is 2. The number of hydrogen-bond donors (Lipinski definition) is 2. The van der Waals surface area contributed by atoms with Crippen LogP contribution >= 0.6 is 46.2 Å². The number of carboxylic acid groups (broad SMARTS) is 2. The molecule has 4 aromatic rings. The highest BCUT2D eigenvalue weighted by atomic mass is 32.2. The number of thioether (sulfide) groups is 2. The number of amides is 2. The fourth-order valence-electron chi connectivity index (χ4n) is 7.00. The fraction of sp³-hybridized carbons (Fsp3) is 0.391. The number of aromatic nitrogens is 2. The number of aliphatic carboxylic acids is 2. The van der Waals surface area contributed by atoms with Crippen LogP contribution in [0, 0.1) is 0 Å². The fourth-order valence-corrected chi connectivity index (χ4v) is 10.3. The van der Waals surface area contributed by atoms with Gasteiger partial charge in [0.1, 0.15) is 0 Å². The molecule has 2 N–H and O–H groups in total. The third-order valence-corrected chi connectivity index (χ3v) is 14.5. The van der Waals surface area contributed by atoms with E-state index in [4.69, 9.17) is 0 Å². The van der Waals surface area contributed by atoms with Crippen LogP contribution in [-0.2, 0) is 42.8 Å². The lowest BCUT2D eigenvalue weighted by atomic mass is 9.72. The largest absolute Gasteiger partial charge is 0.481 e. The highest BCUT2D eigenvalue weighted by Gasteiger charge is 2.41. The van der Waals surface area contributed by atoms with E-state index in [0.29, 0.717) is 20.1 Å². The maximum atomic E-state index is 15.4. The van der Waals surface area contributed by atoms with E-state index in [2.05, 4.69) is 51.5 Å². The Labute approximate surface area is 378 Å². The van der Waals surface area contributed by atoms with Crippen LogP contribution in [0.2, 0.25) is 0 Å². The zero-order valence-corrected chi connectivity index (χ0v) is 39.8. The van der Waals surface area contributed by atoms with Gasteiger partial charge in [-0.2, -0.15) is 0 Å². The van der Waals surface area contributed by atoms with E-state index in [9.17, 15) is 29.4 Å². The summed E-state index contributed by atoms with van der Waals surface area (Å²) in [5, 5.41) is 20.7. The van der Waals surface area contributed by atoms with E-state index in [-0.39, 0.29) is 59.1 Å². The molecule has 0 saturated heterocycles.